The number of nitrogens with zero attached hydrogens (tertiary/aromatic N) is 2. The Labute approximate surface area is 141 Å². The Morgan fingerprint density at radius 1 is 1.00 bits per heavy atom. The van der Waals surface area contributed by atoms with Gasteiger partial charge in [0.05, 0.1) is 11.4 Å². The number of carbonyl (C=O) groups is 2. The predicted octanol–water partition coefficient (Wildman–Crippen LogP) is 0.337. The van der Waals surface area contributed by atoms with Crippen LogP contribution >= 0.6 is 0 Å². The third-order valence-electron chi connectivity index (χ3n) is 1.99. The van der Waals surface area contributed by atoms with Crippen LogP contribution in [0, 0.1) is 6.92 Å². The summed E-state index contributed by atoms with van der Waals surface area (Å²) in [7, 11) is 0. The van der Waals surface area contributed by atoms with Gasteiger partial charge in [-0.05, 0) is 24.6 Å². The summed E-state index contributed by atoms with van der Waals surface area (Å²) in [5.41, 5.74) is 1.72. The number of carbonyl (C=O) groups excluding carboxylic acids is 2. The highest BCUT2D eigenvalue weighted by Gasteiger charge is 1.97. The summed E-state index contributed by atoms with van der Waals surface area (Å²) in [6, 6.07) is 4.88. The third kappa shape index (κ3) is 15.1. The summed E-state index contributed by atoms with van der Waals surface area (Å²) in [5, 5.41) is 34.1. The number of hydrogen-bond acceptors (Lipinski definition) is 8. The maximum atomic E-state index is 10.00. The standard InChI is InChI=1S/C9H6N2O2.2C2H5NO3/c1-7-2-3-8(10-5-12)4-9(7)11-6-13;2*4-1-3-2(5)6/h2-4H,1H3;2*3-4H,1H2,(H,5,6). The van der Waals surface area contributed by atoms with Gasteiger partial charge in [0.25, 0.3) is 0 Å². The maximum absolute atomic E-state index is 10.00. The van der Waals surface area contributed by atoms with Gasteiger partial charge in [-0.1, -0.05) is 6.07 Å². The minimum Gasteiger partial charge on any atom is -0.465 e. The zero-order valence-electron chi connectivity index (χ0n) is 13.0. The molecule has 1 aromatic rings. The van der Waals surface area contributed by atoms with Crippen LogP contribution in [0.2, 0.25) is 0 Å². The average molecular weight is 356 g/mol. The van der Waals surface area contributed by atoms with Gasteiger partial charge in [-0.15, -0.1) is 0 Å². The van der Waals surface area contributed by atoms with Crippen molar-refractivity contribution < 1.29 is 39.6 Å². The van der Waals surface area contributed by atoms with Crippen LogP contribution in [0.3, 0.4) is 0 Å². The number of aliphatic imine (C=N–C) groups is 2. The lowest BCUT2D eigenvalue weighted by Crippen LogP contribution is -2.20. The first-order valence-corrected chi connectivity index (χ1v) is 6.24. The van der Waals surface area contributed by atoms with E-state index < -0.39 is 25.6 Å². The van der Waals surface area contributed by atoms with Crippen LogP contribution in [-0.4, -0.2) is 58.2 Å². The van der Waals surface area contributed by atoms with Crippen LogP contribution < -0.4 is 10.6 Å². The molecule has 0 aromatic heterocycles. The summed E-state index contributed by atoms with van der Waals surface area (Å²) >= 11 is 0. The molecule has 0 aliphatic carbocycles. The van der Waals surface area contributed by atoms with Crippen molar-refractivity contribution in [3.05, 3.63) is 23.8 Å². The first kappa shape index (κ1) is 23.7. The van der Waals surface area contributed by atoms with E-state index in [9.17, 15) is 19.2 Å². The molecule has 0 aliphatic rings. The van der Waals surface area contributed by atoms with Crippen molar-refractivity contribution in [2.45, 2.75) is 6.92 Å². The zero-order chi connectivity index (χ0) is 19.7. The number of amides is 2. The molecule has 0 saturated heterocycles. The van der Waals surface area contributed by atoms with Crippen molar-refractivity contribution in [1.29, 1.82) is 0 Å². The summed E-state index contributed by atoms with van der Waals surface area (Å²) in [5.74, 6) is 0. The van der Waals surface area contributed by atoms with Crippen LogP contribution in [-0.2, 0) is 9.59 Å². The summed E-state index contributed by atoms with van der Waals surface area (Å²) < 4.78 is 0. The number of isocyanates is 2. The first-order chi connectivity index (χ1) is 11.8. The molecule has 0 unspecified atom stereocenters. The molecule has 2 amide bonds. The first-order valence-electron chi connectivity index (χ1n) is 6.24. The van der Waals surface area contributed by atoms with Crippen LogP contribution in [0.25, 0.3) is 0 Å². The lowest BCUT2D eigenvalue weighted by Gasteiger charge is -1.97. The quantitative estimate of drug-likeness (QED) is 0.252. The zero-order valence-corrected chi connectivity index (χ0v) is 13.0. The summed E-state index contributed by atoms with van der Waals surface area (Å²) in [6.45, 7) is 0.759. The van der Waals surface area contributed by atoms with Crippen LogP contribution in [0.1, 0.15) is 5.56 Å². The number of rotatable bonds is 4. The molecular weight excluding hydrogens is 340 g/mol. The van der Waals surface area contributed by atoms with E-state index in [-0.39, 0.29) is 0 Å². The van der Waals surface area contributed by atoms with Gasteiger partial charge in [0, 0.05) is 0 Å². The second-order valence-electron chi connectivity index (χ2n) is 3.66. The van der Waals surface area contributed by atoms with E-state index in [2.05, 4.69) is 9.98 Å². The van der Waals surface area contributed by atoms with Gasteiger partial charge in [-0.25, -0.2) is 19.2 Å². The number of benzene rings is 1. The van der Waals surface area contributed by atoms with E-state index in [1.54, 1.807) is 29.7 Å². The highest BCUT2D eigenvalue weighted by Crippen LogP contribution is 2.23. The molecule has 6 N–H and O–H groups in total. The van der Waals surface area contributed by atoms with Crippen molar-refractivity contribution in [3.8, 4) is 0 Å². The molecule has 0 radical (unpaired) electrons. The summed E-state index contributed by atoms with van der Waals surface area (Å²) in [4.78, 5) is 45.4. The van der Waals surface area contributed by atoms with E-state index in [0.717, 1.165) is 5.56 Å². The normalized spacial score (nSPS) is 7.96. The van der Waals surface area contributed by atoms with Crippen molar-refractivity contribution in [2.24, 2.45) is 9.98 Å². The van der Waals surface area contributed by atoms with Gasteiger partial charge >= 0.3 is 12.2 Å². The van der Waals surface area contributed by atoms with Gasteiger partial charge in [0.15, 0.2) is 0 Å². The molecule has 1 rings (SSSR count). The second kappa shape index (κ2) is 15.3. The Morgan fingerprint density at radius 3 is 1.80 bits per heavy atom. The van der Waals surface area contributed by atoms with Gasteiger partial charge in [0.2, 0.25) is 12.2 Å². The predicted molar refractivity (Wildman–Crippen MR) is 83.2 cm³/mol. The molecular formula is C13H16N4O8. The highest BCUT2D eigenvalue weighted by molar-refractivity contribution is 5.64. The smallest absolute Gasteiger partial charge is 0.406 e. The molecule has 0 spiro atoms. The maximum Gasteiger partial charge on any atom is 0.406 e. The van der Waals surface area contributed by atoms with E-state index >= 15 is 0 Å². The van der Waals surface area contributed by atoms with Crippen LogP contribution in [0.4, 0.5) is 21.0 Å². The Bertz CT molecular complexity index is 635. The van der Waals surface area contributed by atoms with E-state index in [1.165, 1.54) is 18.2 Å². The van der Waals surface area contributed by atoms with Crippen molar-refractivity contribution in [1.82, 2.24) is 10.6 Å². The highest BCUT2D eigenvalue weighted by atomic mass is 16.4. The van der Waals surface area contributed by atoms with Gasteiger partial charge in [0.1, 0.15) is 13.5 Å². The number of aliphatic hydroxyl groups is 2. The fourth-order valence-corrected chi connectivity index (χ4v) is 1.02. The molecule has 0 aliphatic heterocycles. The molecule has 136 valence electrons. The molecule has 12 nitrogen and oxygen atoms in total. The van der Waals surface area contributed by atoms with Crippen LogP contribution in [0.15, 0.2) is 28.2 Å². The number of hydrogen-bond donors (Lipinski definition) is 6. The minimum atomic E-state index is -1.21. The monoisotopic (exact) mass is 356 g/mol. The number of nitrogens with one attached hydrogen (secondary N) is 2. The largest absolute Gasteiger partial charge is 0.465 e. The molecule has 0 fully saturated rings. The number of aliphatic hydroxyl groups excluding tert-OH is 2. The fourth-order valence-electron chi connectivity index (χ4n) is 1.02. The molecule has 0 bridgehead atoms. The Kier molecular flexibility index (Phi) is 14.5. The molecule has 25 heavy (non-hydrogen) atoms. The molecule has 0 atom stereocenters. The second-order valence-corrected chi connectivity index (χ2v) is 3.66. The van der Waals surface area contributed by atoms with Gasteiger partial charge in [-0.3, -0.25) is 10.6 Å². The van der Waals surface area contributed by atoms with Crippen molar-refractivity contribution in [2.75, 3.05) is 13.5 Å². The minimum absolute atomic E-state index is 0.426. The van der Waals surface area contributed by atoms with Gasteiger partial charge < -0.3 is 20.4 Å². The van der Waals surface area contributed by atoms with E-state index in [1.807, 2.05) is 0 Å². The SMILES string of the molecule is Cc1ccc(N=C=O)cc1N=C=O.O=C(O)NCO.O=C(O)NCO. The number of aryl methyl sites for hydroxylation is 1. The lowest BCUT2D eigenvalue weighted by molar-refractivity contribution is 0.174. The fraction of sp³-hybridized carbons (Fsp3) is 0.231. The Morgan fingerprint density at radius 2 is 1.48 bits per heavy atom. The lowest BCUT2D eigenvalue weighted by atomic mass is 10.2. The van der Waals surface area contributed by atoms with E-state index in [4.69, 9.17) is 20.4 Å². The topological polar surface area (TPSA) is 198 Å². The molecule has 0 heterocycles. The molecule has 12 heteroatoms. The molecule has 0 saturated carbocycles. The van der Waals surface area contributed by atoms with Crippen LogP contribution in [0.5, 0.6) is 0 Å². The van der Waals surface area contributed by atoms with Gasteiger partial charge in [-0.2, -0.15) is 9.98 Å². The Balaban J connectivity index is 0. The van der Waals surface area contributed by atoms with Crippen molar-refractivity contribution >= 4 is 35.7 Å². The molecule has 1 aromatic carbocycles. The number of carboxylic acid groups (broad SMARTS) is 2. The van der Waals surface area contributed by atoms with Crippen molar-refractivity contribution in [3.63, 3.8) is 0 Å². The Hall–Kier alpha value is -3.56. The van der Waals surface area contributed by atoms with E-state index in [0.29, 0.717) is 11.4 Å². The summed E-state index contributed by atoms with van der Waals surface area (Å²) in [6.07, 6.45) is 0.415. The third-order valence-corrected chi connectivity index (χ3v) is 1.99. The average Bonchev–Trinajstić information content (AvgIpc) is 2.52.